The second-order valence-corrected chi connectivity index (χ2v) is 13.8. The van der Waals surface area contributed by atoms with E-state index in [1.54, 1.807) is 11.0 Å². The molecule has 0 saturated carbocycles. The molecule has 1 aromatic heterocycles. The van der Waals surface area contributed by atoms with Gasteiger partial charge in [0, 0.05) is 57.8 Å². The Morgan fingerprint density at radius 3 is 2.43 bits per heavy atom. The molecule has 11 nitrogen and oxygen atoms in total. The molecule has 2 aromatic rings. The molecule has 15 heteroatoms. The van der Waals surface area contributed by atoms with Crippen molar-refractivity contribution in [2.24, 2.45) is 0 Å². The van der Waals surface area contributed by atoms with E-state index < -0.39 is 38.6 Å². The Morgan fingerprint density at radius 1 is 1.12 bits per heavy atom. The number of sulfonamides is 1. The Hall–Kier alpha value is -2.78. The Bertz CT molecular complexity index is 1430. The molecule has 1 aromatic carbocycles. The van der Waals surface area contributed by atoms with Crippen LogP contribution in [0, 0.1) is 5.82 Å². The number of carbonyl (C=O) groups is 3. The molecule has 3 amide bonds. The fourth-order valence-corrected chi connectivity index (χ4v) is 7.39. The Morgan fingerprint density at radius 2 is 1.83 bits per heavy atom. The van der Waals surface area contributed by atoms with Crippen LogP contribution in [0.3, 0.4) is 0 Å². The molecule has 2 fully saturated rings. The number of nitrogens with one attached hydrogen (secondary N) is 2. The van der Waals surface area contributed by atoms with Crippen molar-refractivity contribution in [3.63, 3.8) is 0 Å². The lowest BCUT2D eigenvalue weighted by Gasteiger charge is -2.38. The van der Waals surface area contributed by atoms with E-state index in [0.717, 1.165) is 23.5 Å². The standard InChI is InChI=1S/C27H35ClFN5O6S2/c1-17(2)32-10-12-33(13-11-32)27(37)19(16-30-26(36)21-7-8-23(28)41-21)31-42(38,39)22-15-18(29)14-20(25(22)40-3)34-9-5-4-6-24(34)35/h7-8,14-15,17,19,31H,4-6,9-13,16H2,1-3H3,(H,30,36)/t19-/m0/s1. The summed E-state index contributed by atoms with van der Waals surface area (Å²) in [5, 5.41) is 2.61. The van der Waals surface area contributed by atoms with Crippen molar-refractivity contribution in [2.45, 2.75) is 50.1 Å². The lowest BCUT2D eigenvalue weighted by Crippen LogP contribution is -2.58. The zero-order valence-corrected chi connectivity index (χ0v) is 26.1. The van der Waals surface area contributed by atoms with Crippen molar-refractivity contribution in [1.82, 2.24) is 19.8 Å². The number of methoxy groups -OCH3 is 1. The number of nitrogens with zero attached hydrogens (tertiary/aromatic N) is 3. The first-order valence-corrected chi connectivity index (χ1v) is 16.4. The summed E-state index contributed by atoms with van der Waals surface area (Å²) in [7, 11) is -3.37. The third-order valence-corrected chi connectivity index (χ3v) is 10.0. The Kier molecular flexibility index (Phi) is 10.5. The van der Waals surface area contributed by atoms with Gasteiger partial charge in [-0.25, -0.2) is 12.8 Å². The molecule has 0 unspecified atom stereocenters. The van der Waals surface area contributed by atoms with Gasteiger partial charge in [0.05, 0.1) is 22.0 Å². The highest BCUT2D eigenvalue weighted by molar-refractivity contribution is 7.89. The van der Waals surface area contributed by atoms with Crippen LogP contribution in [0.2, 0.25) is 4.34 Å². The normalized spacial score (nSPS) is 17.4. The molecule has 0 aliphatic carbocycles. The maximum Gasteiger partial charge on any atom is 0.261 e. The first-order valence-electron chi connectivity index (χ1n) is 13.7. The van der Waals surface area contributed by atoms with Gasteiger partial charge in [-0.2, -0.15) is 4.72 Å². The third-order valence-electron chi connectivity index (χ3n) is 7.32. The number of benzene rings is 1. The van der Waals surface area contributed by atoms with E-state index in [0.29, 0.717) is 48.2 Å². The average Bonchev–Trinajstić information content (AvgIpc) is 3.40. The zero-order valence-electron chi connectivity index (χ0n) is 23.7. The monoisotopic (exact) mass is 643 g/mol. The van der Waals surface area contributed by atoms with Crippen molar-refractivity contribution in [2.75, 3.05) is 51.3 Å². The first-order chi connectivity index (χ1) is 19.9. The summed E-state index contributed by atoms with van der Waals surface area (Å²) in [5.74, 6) is -2.43. The van der Waals surface area contributed by atoms with Gasteiger partial charge in [-0.15, -0.1) is 11.3 Å². The van der Waals surface area contributed by atoms with Crippen LogP contribution < -0.4 is 19.7 Å². The van der Waals surface area contributed by atoms with Gasteiger partial charge in [0.1, 0.15) is 16.8 Å². The van der Waals surface area contributed by atoms with Crippen LogP contribution in [0.4, 0.5) is 10.1 Å². The molecule has 4 rings (SSSR count). The summed E-state index contributed by atoms with van der Waals surface area (Å²) in [6, 6.07) is 3.80. The minimum Gasteiger partial charge on any atom is -0.493 e. The summed E-state index contributed by atoms with van der Waals surface area (Å²) in [5.41, 5.74) is -0.00173. The molecule has 0 spiro atoms. The largest absolute Gasteiger partial charge is 0.493 e. The number of amides is 3. The number of hydrogen-bond donors (Lipinski definition) is 2. The van der Waals surface area contributed by atoms with Crippen LogP contribution in [0.5, 0.6) is 5.75 Å². The zero-order chi connectivity index (χ0) is 30.6. The van der Waals surface area contributed by atoms with Gasteiger partial charge in [-0.1, -0.05) is 11.6 Å². The molecule has 2 aliphatic rings. The minimum atomic E-state index is -4.60. The van der Waals surface area contributed by atoms with Gasteiger partial charge in [0.15, 0.2) is 5.75 Å². The van der Waals surface area contributed by atoms with Crippen molar-refractivity contribution in [3.05, 3.63) is 39.3 Å². The molecular weight excluding hydrogens is 609 g/mol. The second kappa shape index (κ2) is 13.7. The van der Waals surface area contributed by atoms with Crippen LogP contribution in [-0.2, 0) is 19.6 Å². The van der Waals surface area contributed by atoms with E-state index in [4.69, 9.17) is 16.3 Å². The van der Waals surface area contributed by atoms with E-state index in [9.17, 15) is 27.2 Å². The molecule has 2 aliphatic heterocycles. The number of ether oxygens (including phenoxy) is 1. The number of carbonyl (C=O) groups excluding carboxylic acids is 3. The molecule has 0 bridgehead atoms. The highest BCUT2D eigenvalue weighted by Crippen LogP contribution is 2.37. The van der Waals surface area contributed by atoms with Gasteiger partial charge >= 0.3 is 0 Å². The summed E-state index contributed by atoms with van der Waals surface area (Å²) < 4.78 is 50.6. The first kappa shape index (κ1) is 32.1. The highest BCUT2D eigenvalue weighted by atomic mass is 35.5. The predicted octanol–water partition coefficient (Wildman–Crippen LogP) is 2.70. The smallest absolute Gasteiger partial charge is 0.261 e. The molecule has 42 heavy (non-hydrogen) atoms. The topological polar surface area (TPSA) is 128 Å². The quantitative estimate of drug-likeness (QED) is 0.408. The van der Waals surface area contributed by atoms with E-state index >= 15 is 0 Å². The summed E-state index contributed by atoms with van der Waals surface area (Å²) in [6.45, 7) is 5.97. The maximum atomic E-state index is 14.9. The van der Waals surface area contributed by atoms with Crippen LogP contribution >= 0.6 is 22.9 Å². The van der Waals surface area contributed by atoms with Crippen LogP contribution in [0.25, 0.3) is 0 Å². The van der Waals surface area contributed by atoms with Crippen molar-refractivity contribution in [1.29, 1.82) is 0 Å². The average molecular weight is 644 g/mol. The molecule has 3 heterocycles. The van der Waals surface area contributed by atoms with Crippen LogP contribution in [0.1, 0.15) is 42.8 Å². The number of piperazine rings is 1. The van der Waals surface area contributed by atoms with Gasteiger partial charge in [0.25, 0.3) is 5.91 Å². The molecule has 230 valence electrons. The third kappa shape index (κ3) is 7.40. The fourth-order valence-electron chi connectivity index (χ4n) is 5.05. The number of halogens is 2. The van der Waals surface area contributed by atoms with Gasteiger partial charge in [0.2, 0.25) is 21.8 Å². The molecular formula is C27H35ClFN5O6S2. The predicted molar refractivity (Wildman–Crippen MR) is 158 cm³/mol. The van der Waals surface area contributed by atoms with Gasteiger partial charge in [-0.3, -0.25) is 19.3 Å². The second-order valence-electron chi connectivity index (χ2n) is 10.4. The van der Waals surface area contributed by atoms with E-state index in [1.807, 2.05) is 0 Å². The molecule has 0 radical (unpaired) electrons. The van der Waals surface area contributed by atoms with Crippen molar-refractivity contribution >= 4 is 56.4 Å². The maximum absolute atomic E-state index is 14.9. The van der Waals surface area contributed by atoms with Crippen LogP contribution in [0.15, 0.2) is 29.2 Å². The van der Waals surface area contributed by atoms with Crippen molar-refractivity contribution < 1.29 is 31.9 Å². The van der Waals surface area contributed by atoms with Crippen molar-refractivity contribution in [3.8, 4) is 5.75 Å². The SMILES string of the molecule is COc1c(N2CCCCC2=O)cc(F)cc1S(=O)(=O)N[C@@H](CNC(=O)c1ccc(Cl)s1)C(=O)N1CCN(C(C)C)CC1. The molecule has 2 N–H and O–H groups in total. The minimum absolute atomic E-state index is 0.00173. The number of piperidine rings is 1. The number of thiophene rings is 1. The Labute approximate surface area is 254 Å². The van der Waals surface area contributed by atoms with E-state index in [1.165, 1.54) is 18.1 Å². The summed E-state index contributed by atoms with van der Waals surface area (Å²) in [6.07, 6.45) is 1.59. The van der Waals surface area contributed by atoms with E-state index in [2.05, 4.69) is 28.8 Å². The summed E-state index contributed by atoms with van der Waals surface area (Å²) >= 11 is 6.98. The van der Waals surface area contributed by atoms with E-state index in [-0.39, 0.29) is 42.9 Å². The number of rotatable bonds is 10. The van der Waals surface area contributed by atoms with Crippen LogP contribution in [-0.4, -0.2) is 94.4 Å². The lowest BCUT2D eigenvalue weighted by atomic mass is 10.1. The van der Waals surface area contributed by atoms with Gasteiger partial charge < -0.3 is 19.9 Å². The fraction of sp³-hybridized carbons (Fsp3) is 0.519. The van der Waals surface area contributed by atoms with Gasteiger partial charge in [-0.05, 0) is 44.9 Å². The Balaban J connectivity index is 1.63. The molecule has 2 saturated heterocycles. The number of hydrogen-bond acceptors (Lipinski definition) is 8. The lowest BCUT2D eigenvalue weighted by molar-refractivity contribution is -0.134. The highest BCUT2D eigenvalue weighted by Gasteiger charge is 2.35. The summed E-state index contributed by atoms with van der Waals surface area (Å²) in [4.78, 5) is 43.8. The molecule has 1 atom stereocenters. The number of anilines is 1.